The van der Waals surface area contributed by atoms with Gasteiger partial charge in [0.05, 0.1) is 11.3 Å². The number of carbonyl (C=O) groups excluding carboxylic acids is 1. The summed E-state index contributed by atoms with van der Waals surface area (Å²) in [7, 11) is 0. The highest BCUT2D eigenvalue weighted by Crippen LogP contribution is 2.25. The largest absolute Gasteiger partial charge is 0.508 e. The first-order valence-electron chi connectivity index (χ1n) is 9.75. The monoisotopic (exact) mass is 376 g/mol. The summed E-state index contributed by atoms with van der Waals surface area (Å²) in [6.45, 7) is 0.783. The second-order valence-corrected chi connectivity index (χ2v) is 7.21. The van der Waals surface area contributed by atoms with Crippen LogP contribution in [-0.2, 0) is 6.42 Å². The van der Waals surface area contributed by atoms with E-state index >= 15 is 0 Å². The Kier molecular flexibility index (Phi) is 5.37. The summed E-state index contributed by atoms with van der Waals surface area (Å²) in [6.07, 6.45) is 8.10. The number of amides is 1. The molecule has 0 saturated carbocycles. The number of phenolic OH excluding ortho intramolecular Hbond substituents is 1. The molecule has 1 aliphatic rings. The summed E-state index contributed by atoms with van der Waals surface area (Å²) in [5, 5.41) is 13.6. The van der Waals surface area contributed by atoms with Gasteiger partial charge >= 0.3 is 0 Å². The lowest BCUT2D eigenvalue weighted by Gasteiger charge is -2.36. The summed E-state index contributed by atoms with van der Waals surface area (Å²) < 4.78 is 1.64. The number of carbonyl (C=O) groups is 1. The summed E-state index contributed by atoms with van der Waals surface area (Å²) >= 11 is 0. The smallest absolute Gasteiger partial charge is 0.256 e. The van der Waals surface area contributed by atoms with Gasteiger partial charge in [0.25, 0.3) is 5.91 Å². The Labute approximate surface area is 164 Å². The number of aromatic nitrogens is 3. The van der Waals surface area contributed by atoms with Crippen molar-refractivity contribution in [1.82, 2.24) is 19.7 Å². The highest BCUT2D eigenvalue weighted by molar-refractivity contribution is 5.98. The zero-order valence-electron chi connectivity index (χ0n) is 15.7. The van der Waals surface area contributed by atoms with Crippen molar-refractivity contribution < 1.29 is 9.90 Å². The number of likely N-dealkylation sites (tertiary alicyclic amines) is 1. The molecule has 1 unspecified atom stereocenters. The standard InChI is InChI=1S/C22H24N4O2/c27-19-12-9-17(10-13-19)8-11-18-5-3-4-14-25(18)22(28)20-6-1-2-7-21(20)26-16-23-15-24-26/h1-2,6-7,9-10,12-13,15-16,18,27H,3-5,8,11,14H2. The molecule has 28 heavy (non-hydrogen) atoms. The Hall–Kier alpha value is -3.15. The van der Waals surface area contributed by atoms with Crippen LogP contribution in [-0.4, -0.2) is 43.3 Å². The Bertz CT molecular complexity index is 922. The molecule has 4 rings (SSSR count). The summed E-state index contributed by atoms with van der Waals surface area (Å²) in [5.41, 5.74) is 2.59. The van der Waals surface area contributed by atoms with Gasteiger partial charge in [0, 0.05) is 12.6 Å². The first kappa shape index (κ1) is 18.2. The van der Waals surface area contributed by atoms with E-state index in [0.717, 1.165) is 44.3 Å². The van der Waals surface area contributed by atoms with Crippen molar-refractivity contribution in [3.05, 3.63) is 72.3 Å². The Morgan fingerprint density at radius 2 is 1.93 bits per heavy atom. The van der Waals surface area contributed by atoms with Crippen LogP contribution >= 0.6 is 0 Å². The zero-order valence-corrected chi connectivity index (χ0v) is 15.7. The highest BCUT2D eigenvalue weighted by Gasteiger charge is 2.28. The van der Waals surface area contributed by atoms with Crippen molar-refractivity contribution in [3.8, 4) is 11.4 Å². The Morgan fingerprint density at radius 3 is 2.71 bits per heavy atom. The Morgan fingerprint density at radius 1 is 1.11 bits per heavy atom. The third-order valence-corrected chi connectivity index (χ3v) is 5.39. The minimum absolute atomic E-state index is 0.0570. The summed E-state index contributed by atoms with van der Waals surface area (Å²) in [4.78, 5) is 19.4. The number of aryl methyl sites for hydroxylation is 1. The van der Waals surface area contributed by atoms with Crippen LogP contribution in [0.1, 0.15) is 41.6 Å². The van der Waals surface area contributed by atoms with Crippen LogP contribution in [0.3, 0.4) is 0 Å². The van der Waals surface area contributed by atoms with Gasteiger partial charge in [-0.3, -0.25) is 4.79 Å². The predicted octanol–water partition coefficient (Wildman–Crippen LogP) is 3.60. The van der Waals surface area contributed by atoms with Gasteiger partial charge in [-0.2, -0.15) is 5.10 Å². The average Bonchev–Trinajstić information content (AvgIpc) is 3.28. The lowest BCUT2D eigenvalue weighted by atomic mass is 9.94. The van der Waals surface area contributed by atoms with Crippen molar-refractivity contribution in [2.75, 3.05) is 6.54 Å². The molecule has 1 N–H and O–H groups in total. The van der Waals surface area contributed by atoms with Crippen LogP contribution in [0.4, 0.5) is 0 Å². The van der Waals surface area contributed by atoms with Crippen LogP contribution in [0.2, 0.25) is 0 Å². The van der Waals surface area contributed by atoms with Gasteiger partial charge in [-0.05, 0) is 61.9 Å². The van der Waals surface area contributed by atoms with Gasteiger partial charge in [0.15, 0.2) is 0 Å². The topological polar surface area (TPSA) is 71.2 Å². The number of rotatable bonds is 5. The van der Waals surface area contributed by atoms with Crippen LogP contribution in [0.15, 0.2) is 61.2 Å². The van der Waals surface area contributed by atoms with Crippen LogP contribution in [0.25, 0.3) is 5.69 Å². The number of hydrogen-bond donors (Lipinski definition) is 1. The third-order valence-electron chi connectivity index (χ3n) is 5.39. The maximum Gasteiger partial charge on any atom is 0.256 e. The number of phenols is 1. The summed E-state index contributed by atoms with van der Waals surface area (Å²) in [5.74, 6) is 0.337. The maximum atomic E-state index is 13.4. The highest BCUT2D eigenvalue weighted by atomic mass is 16.3. The molecule has 0 aliphatic carbocycles. The van der Waals surface area contributed by atoms with E-state index in [1.807, 2.05) is 41.3 Å². The van der Waals surface area contributed by atoms with Gasteiger partial charge < -0.3 is 10.0 Å². The number of aromatic hydroxyl groups is 1. The van der Waals surface area contributed by atoms with Crippen molar-refractivity contribution in [2.45, 2.75) is 38.1 Å². The molecule has 3 aromatic rings. The van der Waals surface area contributed by atoms with E-state index in [9.17, 15) is 9.90 Å². The van der Waals surface area contributed by atoms with Crippen LogP contribution in [0, 0.1) is 0 Å². The minimum atomic E-state index is 0.0570. The second kappa shape index (κ2) is 8.25. The van der Waals surface area contributed by atoms with Crippen LogP contribution < -0.4 is 0 Å². The molecule has 0 bridgehead atoms. The van der Waals surface area contributed by atoms with Crippen molar-refractivity contribution in [2.24, 2.45) is 0 Å². The number of nitrogens with zero attached hydrogens (tertiary/aromatic N) is 4. The predicted molar refractivity (Wildman–Crippen MR) is 106 cm³/mol. The van der Waals surface area contributed by atoms with Gasteiger partial charge in [-0.1, -0.05) is 24.3 Å². The number of piperidine rings is 1. The number of hydrogen-bond acceptors (Lipinski definition) is 4. The molecule has 0 spiro atoms. The molecule has 1 aromatic heterocycles. The van der Waals surface area contributed by atoms with E-state index in [1.54, 1.807) is 23.1 Å². The van der Waals surface area contributed by atoms with E-state index in [0.29, 0.717) is 5.56 Å². The molecule has 2 aromatic carbocycles. The Balaban J connectivity index is 1.53. The first-order chi connectivity index (χ1) is 13.7. The first-order valence-corrected chi connectivity index (χ1v) is 9.75. The van der Waals surface area contributed by atoms with E-state index in [2.05, 4.69) is 10.1 Å². The zero-order chi connectivity index (χ0) is 19.3. The molecule has 0 radical (unpaired) electrons. The molecule has 1 fully saturated rings. The van der Waals surface area contributed by atoms with Crippen LogP contribution in [0.5, 0.6) is 5.75 Å². The quantitative estimate of drug-likeness (QED) is 0.739. The molecule has 1 saturated heterocycles. The SMILES string of the molecule is O=C(c1ccccc1-n1cncn1)N1CCCCC1CCc1ccc(O)cc1. The van der Waals surface area contributed by atoms with Crippen molar-refractivity contribution >= 4 is 5.91 Å². The average molecular weight is 376 g/mol. The van der Waals surface area contributed by atoms with Gasteiger partial charge in [0.1, 0.15) is 18.4 Å². The van der Waals surface area contributed by atoms with E-state index in [1.165, 1.54) is 11.9 Å². The lowest BCUT2D eigenvalue weighted by molar-refractivity contribution is 0.0602. The lowest BCUT2D eigenvalue weighted by Crippen LogP contribution is -2.44. The molecule has 2 heterocycles. The fourth-order valence-electron chi connectivity index (χ4n) is 3.91. The van der Waals surface area contributed by atoms with E-state index < -0.39 is 0 Å². The molecule has 144 valence electrons. The van der Waals surface area contributed by atoms with E-state index in [-0.39, 0.29) is 17.7 Å². The molecule has 1 amide bonds. The van der Waals surface area contributed by atoms with Crippen molar-refractivity contribution in [3.63, 3.8) is 0 Å². The van der Waals surface area contributed by atoms with E-state index in [4.69, 9.17) is 0 Å². The molecule has 6 nitrogen and oxygen atoms in total. The maximum absolute atomic E-state index is 13.4. The normalized spacial score (nSPS) is 16.9. The molecule has 1 atom stereocenters. The van der Waals surface area contributed by atoms with Crippen molar-refractivity contribution in [1.29, 1.82) is 0 Å². The third kappa shape index (κ3) is 3.91. The molecule has 1 aliphatic heterocycles. The molecular weight excluding hydrogens is 352 g/mol. The minimum Gasteiger partial charge on any atom is -0.508 e. The summed E-state index contributed by atoms with van der Waals surface area (Å²) in [6, 6.07) is 15.1. The van der Waals surface area contributed by atoms with Gasteiger partial charge in [-0.25, -0.2) is 9.67 Å². The molecular formula is C22H24N4O2. The number of para-hydroxylation sites is 1. The number of benzene rings is 2. The molecule has 6 heteroatoms. The fourth-order valence-corrected chi connectivity index (χ4v) is 3.91. The van der Waals surface area contributed by atoms with Gasteiger partial charge in [0.2, 0.25) is 0 Å². The second-order valence-electron chi connectivity index (χ2n) is 7.21. The fraction of sp³-hybridized carbons (Fsp3) is 0.318. The van der Waals surface area contributed by atoms with Gasteiger partial charge in [-0.15, -0.1) is 0 Å².